The van der Waals surface area contributed by atoms with Gasteiger partial charge in [-0.1, -0.05) is 60.7 Å². The van der Waals surface area contributed by atoms with Crippen molar-refractivity contribution in [3.05, 3.63) is 84.4 Å². The standard InChI is InChI=1S/C21H19NO4S/c23-21(24)15-12-16-10-13-18(14-11-16)27(25,26)22-20-9-5-4-8-19(20)17-6-2-1-3-7-17/h1-11,13-14,22H,12,15H2,(H,23,24)/p-1. The van der Waals surface area contributed by atoms with Gasteiger partial charge in [0.05, 0.1) is 10.6 Å². The number of hydrogen-bond acceptors (Lipinski definition) is 4. The average molecular weight is 380 g/mol. The maximum Gasteiger partial charge on any atom is 0.261 e. The second-order valence-corrected chi connectivity index (χ2v) is 7.72. The number of para-hydroxylation sites is 1. The summed E-state index contributed by atoms with van der Waals surface area (Å²) in [5, 5.41) is 10.5. The molecule has 5 nitrogen and oxygen atoms in total. The highest BCUT2D eigenvalue weighted by Crippen LogP contribution is 2.29. The highest BCUT2D eigenvalue weighted by atomic mass is 32.2. The van der Waals surface area contributed by atoms with Crippen LogP contribution in [0.3, 0.4) is 0 Å². The van der Waals surface area contributed by atoms with Crippen LogP contribution in [0.1, 0.15) is 12.0 Å². The monoisotopic (exact) mass is 380 g/mol. The fourth-order valence-electron chi connectivity index (χ4n) is 2.73. The lowest BCUT2D eigenvalue weighted by atomic mass is 10.0. The van der Waals surface area contributed by atoms with Gasteiger partial charge in [0.15, 0.2) is 0 Å². The number of aryl methyl sites for hydroxylation is 1. The SMILES string of the molecule is O=C([O-])CCc1ccc(S(=O)(=O)Nc2ccccc2-c2ccccc2)cc1. The zero-order valence-electron chi connectivity index (χ0n) is 14.5. The normalized spacial score (nSPS) is 11.1. The summed E-state index contributed by atoms with van der Waals surface area (Å²) in [6, 6.07) is 22.9. The molecule has 0 saturated carbocycles. The predicted molar refractivity (Wildman–Crippen MR) is 102 cm³/mol. The Hall–Kier alpha value is -3.12. The molecule has 6 heteroatoms. The first kappa shape index (κ1) is 18.7. The Kier molecular flexibility index (Phi) is 5.57. The van der Waals surface area contributed by atoms with Gasteiger partial charge in [0, 0.05) is 11.5 Å². The fraction of sp³-hybridized carbons (Fsp3) is 0.0952. The second-order valence-electron chi connectivity index (χ2n) is 6.03. The van der Waals surface area contributed by atoms with Crippen LogP contribution < -0.4 is 9.83 Å². The molecule has 138 valence electrons. The topological polar surface area (TPSA) is 86.3 Å². The molecule has 0 aliphatic rings. The Bertz CT molecular complexity index is 1030. The van der Waals surface area contributed by atoms with Gasteiger partial charge < -0.3 is 9.90 Å². The summed E-state index contributed by atoms with van der Waals surface area (Å²) in [7, 11) is -3.77. The molecular formula is C21H18NO4S-. The van der Waals surface area contributed by atoms with E-state index in [9.17, 15) is 18.3 Å². The quantitative estimate of drug-likeness (QED) is 0.683. The number of anilines is 1. The van der Waals surface area contributed by atoms with E-state index in [1.807, 2.05) is 42.5 Å². The van der Waals surface area contributed by atoms with E-state index in [2.05, 4.69) is 4.72 Å². The number of rotatable bonds is 7. The van der Waals surface area contributed by atoms with E-state index in [1.54, 1.807) is 24.3 Å². The minimum atomic E-state index is -3.77. The lowest BCUT2D eigenvalue weighted by Crippen LogP contribution is -2.22. The Balaban J connectivity index is 1.84. The lowest BCUT2D eigenvalue weighted by Gasteiger charge is -2.13. The van der Waals surface area contributed by atoms with Crippen molar-refractivity contribution in [1.82, 2.24) is 0 Å². The zero-order valence-corrected chi connectivity index (χ0v) is 15.3. The molecule has 0 aliphatic heterocycles. The predicted octanol–water partition coefficient (Wildman–Crippen LogP) is 2.84. The summed E-state index contributed by atoms with van der Waals surface area (Å²) in [4.78, 5) is 10.6. The smallest absolute Gasteiger partial charge is 0.261 e. The first-order valence-corrected chi connectivity index (χ1v) is 9.90. The molecule has 0 fully saturated rings. The van der Waals surface area contributed by atoms with Crippen LogP contribution in [0.15, 0.2) is 83.8 Å². The highest BCUT2D eigenvalue weighted by molar-refractivity contribution is 7.92. The van der Waals surface area contributed by atoms with Crippen molar-refractivity contribution >= 4 is 21.7 Å². The molecule has 3 aromatic carbocycles. The largest absolute Gasteiger partial charge is 0.550 e. The molecule has 0 amide bonds. The number of nitrogens with one attached hydrogen (secondary N) is 1. The van der Waals surface area contributed by atoms with Gasteiger partial charge in [0.2, 0.25) is 0 Å². The van der Waals surface area contributed by atoms with E-state index >= 15 is 0 Å². The van der Waals surface area contributed by atoms with Crippen LogP contribution in [0.5, 0.6) is 0 Å². The van der Waals surface area contributed by atoms with E-state index in [4.69, 9.17) is 0 Å². The molecule has 0 saturated heterocycles. The van der Waals surface area contributed by atoms with Crippen molar-refractivity contribution in [3.63, 3.8) is 0 Å². The van der Waals surface area contributed by atoms with Gasteiger partial charge >= 0.3 is 0 Å². The number of carboxylic acid groups (broad SMARTS) is 1. The van der Waals surface area contributed by atoms with E-state index in [0.717, 1.165) is 16.7 Å². The van der Waals surface area contributed by atoms with Gasteiger partial charge in [0.25, 0.3) is 10.0 Å². The molecule has 0 aliphatic carbocycles. The van der Waals surface area contributed by atoms with E-state index in [0.29, 0.717) is 12.1 Å². The van der Waals surface area contributed by atoms with Crippen LogP contribution >= 0.6 is 0 Å². The first-order valence-electron chi connectivity index (χ1n) is 8.42. The molecule has 0 heterocycles. The minimum Gasteiger partial charge on any atom is -0.550 e. The van der Waals surface area contributed by atoms with Crippen LogP contribution in [0, 0.1) is 0 Å². The van der Waals surface area contributed by atoms with Gasteiger partial charge in [0.1, 0.15) is 0 Å². The summed E-state index contributed by atoms with van der Waals surface area (Å²) in [6.07, 6.45) is 0.196. The van der Waals surface area contributed by atoms with E-state index in [1.165, 1.54) is 12.1 Å². The average Bonchev–Trinajstić information content (AvgIpc) is 2.67. The third kappa shape index (κ3) is 4.74. The summed E-state index contributed by atoms with van der Waals surface area (Å²) < 4.78 is 28.1. The van der Waals surface area contributed by atoms with Crippen LogP contribution in [0.4, 0.5) is 5.69 Å². The van der Waals surface area contributed by atoms with Gasteiger partial charge in [-0.3, -0.25) is 4.72 Å². The highest BCUT2D eigenvalue weighted by Gasteiger charge is 2.16. The molecule has 0 radical (unpaired) electrons. The zero-order chi connectivity index (χ0) is 19.3. The fourth-order valence-corrected chi connectivity index (χ4v) is 3.81. The summed E-state index contributed by atoms with van der Waals surface area (Å²) in [6.45, 7) is 0. The van der Waals surface area contributed by atoms with Gasteiger partial charge in [-0.15, -0.1) is 0 Å². The maximum atomic E-state index is 12.7. The summed E-state index contributed by atoms with van der Waals surface area (Å²) in [5.74, 6) is -1.13. The molecule has 27 heavy (non-hydrogen) atoms. The van der Waals surface area contributed by atoms with Crippen molar-refractivity contribution in [1.29, 1.82) is 0 Å². The third-order valence-corrected chi connectivity index (χ3v) is 5.49. The van der Waals surface area contributed by atoms with E-state index < -0.39 is 16.0 Å². The van der Waals surface area contributed by atoms with Crippen molar-refractivity contribution in [2.24, 2.45) is 0 Å². The molecule has 0 bridgehead atoms. The van der Waals surface area contributed by atoms with Gasteiger partial charge in [-0.05, 0) is 42.2 Å². The number of carbonyl (C=O) groups is 1. The molecule has 3 rings (SSSR count). The van der Waals surface area contributed by atoms with Crippen molar-refractivity contribution < 1.29 is 18.3 Å². The maximum absolute atomic E-state index is 12.7. The van der Waals surface area contributed by atoms with Gasteiger partial charge in [-0.2, -0.15) is 0 Å². The van der Waals surface area contributed by atoms with Crippen LogP contribution in [0.25, 0.3) is 11.1 Å². The van der Waals surface area contributed by atoms with E-state index in [-0.39, 0.29) is 11.3 Å². The number of hydrogen-bond donors (Lipinski definition) is 1. The Labute approximate surface area is 158 Å². The molecule has 0 aromatic heterocycles. The molecular weight excluding hydrogens is 362 g/mol. The van der Waals surface area contributed by atoms with Crippen molar-refractivity contribution in [2.45, 2.75) is 17.7 Å². The van der Waals surface area contributed by atoms with Crippen LogP contribution in [-0.4, -0.2) is 14.4 Å². The number of benzene rings is 3. The van der Waals surface area contributed by atoms with Crippen LogP contribution in [-0.2, 0) is 21.2 Å². The number of carboxylic acids is 1. The molecule has 0 atom stereocenters. The van der Waals surface area contributed by atoms with Crippen molar-refractivity contribution in [2.75, 3.05) is 4.72 Å². The summed E-state index contributed by atoms with van der Waals surface area (Å²) in [5.41, 5.74) is 2.92. The summed E-state index contributed by atoms with van der Waals surface area (Å²) >= 11 is 0. The van der Waals surface area contributed by atoms with Crippen LogP contribution in [0.2, 0.25) is 0 Å². The third-order valence-electron chi connectivity index (χ3n) is 4.11. The number of aliphatic carboxylic acids is 1. The number of carbonyl (C=O) groups excluding carboxylic acids is 1. The Morgan fingerprint density at radius 1 is 0.852 bits per heavy atom. The Morgan fingerprint density at radius 3 is 2.15 bits per heavy atom. The first-order chi connectivity index (χ1) is 13.0. The molecule has 1 N–H and O–H groups in total. The van der Waals surface area contributed by atoms with Gasteiger partial charge in [-0.25, -0.2) is 8.42 Å². The molecule has 0 spiro atoms. The number of sulfonamides is 1. The molecule has 3 aromatic rings. The lowest BCUT2D eigenvalue weighted by molar-refractivity contribution is -0.305. The van der Waals surface area contributed by atoms with Crippen molar-refractivity contribution in [3.8, 4) is 11.1 Å². The minimum absolute atomic E-state index is 0.102. The molecule has 0 unspecified atom stereocenters. The second kappa shape index (κ2) is 8.05. The Morgan fingerprint density at radius 2 is 1.48 bits per heavy atom.